The summed E-state index contributed by atoms with van der Waals surface area (Å²) in [5, 5.41) is 0.938. The number of hydrogen-bond acceptors (Lipinski definition) is 9. The quantitative estimate of drug-likeness (QED) is 0.0289. The number of unbranched alkanes of at least 4 members (excludes halogenated alkanes) is 18. The lowest BCUT2D eigenvalue weighted by molar-refractivity contribution is 0.0727. The molecule has 0 spiro atoms. The zero-order chi connectivity index (χ0) is 42.8. The van der Waals surface area contributed by atoms with E-state index in [9.17, 15) is 4.79 Å². The first-order chi connectivity index (χ1) is 29.9. The number of rotatable bonds is 27. The van der Waals surface area contributed by atoms with Crippen molar-refractivity contribution < 1.29 is 33.2 Å². The predicted molar refractivity (Wildman–Crippen MR) is 244 cm³/mol. The summed E-state index contributed by atoms with van der Waals surface area (Å²) >= 11 is 14.1. The molecule has 0 N–H and O–H groups in total. The molecule has 11 heteroatoms. The van der Waals surface area contributed by atoms with Gasteiger partial charge in [-0.15, -0.1) is 0 Å². The van der Waals surface area contributed by atoms with Gasteiger partial charge in [0, 0.05) is 24.3 Å². The van der Waals surface area contributed by atoms with Crippen molar-refractivity contribution >= 4 is 40.5 Å². The monoisotopic (exact) mass is 872 g/mol. The van der Waals surface area contributed by atoms with Gasteiger partial charge in [-0.1, -0.05) is 171 Å². The number of halogens is 2. The van der Waals surface area contributed by atoms with Crippen molar-refractivity contribution in [2.75, 3.05) is 20.3 Å². The van der Waals surface area contributed by atoms with Crippen LogP contribution in [0, 0.1) is 0 Å². The van der Waals surface area contributed by atoms with Crippen molar-refractivity contribution in [1.29, 1.82) is 0 Å². The summed E-state index contributed by atoms with van der Waals surface area (Å²) in [7, 11) is 1.60. The van der Waals surface area contributed by atoms with Crippen LogP contribution in [0.3, 0.4) is 0 Å². The van der Waals surface area contributed by atoms with E-state index in [0.29, 0.717) is 64.3 Å². The Labute approximate surface area is 371 Å². The van der Waals surface area contributed by atoms with Gasteiger partial charge in [0.15, 0.2) is 46.0 Å². The van der Waals surface area contributed by atoms with E-state index in [-0.39, 0.29) is 32.7 Å². The lowest BCUT2D eigenvalue weighted by atomic mass is 10.1. The second-order valence-corrected chi connectivity index (χ2v) is 16.7. The molecule has 0 amide bonds. The highest BCUT2D eigenvalue weighted by Crippen LogP contribution is 2.48. The highest BCUT2D eigenvalue weighted by Gasteiger charge is 2.29. The molecule has 6 rings (SSSR count). The van der Waals surface area contributed by atoms with Gasteiger partial charge in [-0.2, -0.15) is 0 Å². The summed E-state index contributed by atoms with van der Waals surface area (Å²) in [5.74, 6) is 2.37. The number of esters is 1. The van der Waals surface area contributed by atoms with Crippen LogP contribution in [0.15, 0.2) is 64.6 Å². The maximum atomic E-state index is 13.2. The fourth-order valence-corrected chi connectivity index (χ4v) is 8.12. The molecule has 9 nitrogen and oxygen atoms in total. The molecule has 0 atom stereocenters. The third-order valence-electron chi connectivity index (χ3n) is 11.1. The molecule has 0 aliphatic carbocycles. The Hall–Kier alpha value is -4.47. The Bertz CT molecular complexity index is 2180. The summed E-state index contributed by atoms with van der Waals surface area (Å²) in [5.41, 5.74) is 1.35. The average molecular weight is 874 g/mol. The molecule has 2 heterocycles. The molecule has 0 fully saturated rings. The van der Waals surface area contributed by atoms with Gasteiger partial charge in [-0.05, 0) is 25.0 Å². The Morgan fingerprint density at radius 1 is 0.541 bits per heavy atom. The van der Waals surface area contributed by atoms with Gasteiger partial charge in [0.2, 0.25) is 0 Å². The fraction of sp³-hybridized carbons (Fsp3) is 0.500. The molecular weight excluding hydrogens is 811 g/mol. The first-order valence-electron chi connectivity index (χ1n) is 22.7. The van der Waals surface area contributed by atoms with Crippen molar-refractivity contribution in [2.45, 2.75) is 142 Å². The smallest absolute Gasteiger partial charge is 0.343 e. The highest BCUT2D eigenvalue weighted by molar-refractivity contribution is 6.35. The minimum atomic E-state index is -0.522. The minimum Gasteiger partial charge on any atom is -0.493 e. The molecule has 328 valence electrons. The van der Waals surface area contributed by atoms with Crippen LogP contribution < -0.4 is 39.1 Å². The van der Waals surface area contributed by atoms with E-state index in [4.69, 9.17) is 61.6 Å². The number of carbonyl (C=O) groups excluding carboxylic acids is 1. The van der Waals surface area contributed by atoms with Gasteiger partial charge < -0.3 is 28.4 Å². The van der Waals surface area contributed by atoms with E-state index in [1.165, 1.54) is 96.3 Å². The summed E-state index contributed by atoms with van der Waals surface area (Å²) in [4.78, 5) is 23.0. The summed E-state index contributed by atoms with van der Waals surface area (Å²) in [6.07, 6.45) is 24.6. The van der Waals surface area contributed by atoms with Crippen molar-refractivity contribution in [3.63, 3.8) is 0 Å². The van der Waals surface area contributed by atoms with E-state index >= 15 is 0 Å². The third kappa shape index (κ3) is 12.8. The Kier molecular flexibility index (Phi) is 18.3. The number of benzene rings is 4. The fourth-order valence-electron chi connectivity index (χ4n) is 7.61. The molecule has 2 aliphatic rings. The van der Waals surface area contributed by atoms with Crippen LogP contribution >= 0.6 is 23.2 Å². The predicted octanol–water partition coefficient (Wildman–Crippen LogP) is 14.9. The minimum absolute atomic E-state index is 0.169. The van der Waals surface area contributed by atoms with Gasteiger partial charge >= 0.3 is 5.97 Å². The molecule has 0 aromatic heterocycles. The number of fused-ring (bicyclic) bond motifs is 4. The van der Waals surface area contributed by atoms with E-state index < -0.39 is 5.97 Å². The lowest BCUT2D eigenvalue weighted by Crippen LogP contribution is -2.22. The van der Waals surface area contributed by atoms with Crippen LogP contribution in [-0.4, -0.2) is 26.3 Å². The first-order valence-corrected chi connectivity index (χ1v) is 23.4. The maximum Gasteiger partial charge on any atom is 0.343 e. The molecule has 0 radical (unpaired) electrons. The molecular formula is C50H62Cl2N2O7. The van der Waals surface area contributed by atoms with Crippen LogP contribution in [0.2, 0.25) is 10.0 Å². The van der Waals surface area contributed by atoms with Gasteiger partial charge in [0.05, 0.1) is 25.9 Å². The third-order valence-corrected chi connectivity index (χ3v) is 11.8. The topological polar surface area (TPSA) is 97.2 Å². The van der Waals surface area contributed by atoms with Crippen molar-refractivity contribution in [3.8, 4) is 46.0 Å². The molecule has 0 bridgehead atoms. The Morgan fingerprint density at radius 2 is 0.951 bits per heavy atom. The van der Waals surface area contributed by atoms with E-state index in [1.54, 1.807) is 55.6 Å². The SMILES string of the molecule is CCCCCCCCCCCCOc1cc2c(cc1OC)Oc1c(Cl)c3c(c(Cl)c1=N2)Oc1cc(OC(=O)c2ccccc2)c(OCCCCCCCCCCCC)cc1N=3. The van der Waals surface area contributed by atoms with Crippen molar-refractivity contribution in [3.05, 3.63) is 80.9 Å². The van der Waals surface area contributed by atoms with Crippen molar-refractivity contribution in [1.82, 2.24) is 0 Å². The maximum absolute atomic E-state index is 13.2. The van der Waals surface area contributed by atoms with Gasteiger partial charge in [-0.25, -0.2) is 14.8 Å². The molecule has 0 saturated carbocycles. The van der Waals surface area contributed by atoms with Crippen LogP contribution in [0.5, 0.6) is 46.0 Å². The number of nitrogens with zero attached hydrogens (tertiary/aromatic N) is 2. The van der Waals surface area contributed by atoms with Crippen LogP contribution in [0.4, 0.5) is 11.4 Å². The summed E-state index contributed by atoms with van der Waals surface area (Å²) in [6, 6.07) is 15.7. The molecule has 0 saturated heterocycles. The molecule has 2 aliphatic heterocycles. The van der Waals surface area contributed by atoms with Crippen LogP contribution in [0.25, 0.3) is 0 Å². The van der Waals surface area contributed by atoms with Crippen molar-refractivity contribution in [2.24, 2.45) is 9.98 Å². The number of ether oxygens (including phenoxy) is 6. The number of carbonyl (C=O) groups is 1. The van der Waals surface area contributed by atoms with Crippen LogP contribution in [-0.2, 0) is 0 Å². The van der Waals surface area contributed by atoms with E-state index in [0.717, 1.165) is 32.1 Å². The highest BCUT2D eigenvalue weighted by atomic mass is 35.5. The molecule has 4 aromatic rings. The first kappa shape index (κ1) is 46.0. The standard InChI is InChI=1S/C50H62Cl2N2O7/c1-4-6-8-10-12-14-16-18-20-25-29-57-41-31-36-38(33-40(41)56-3)59-48-44(51)47-49(45(52)46(48)53-36)60-39-34-43(61-50(55)35-27-23-22-24-28-35)42(32-37(39)54-47)58-30-26-21-19-17-15-13-11-9-7-5-2/h22-24,27-28,31-34H,4-21,25-26,29-30H2,1-3H3. The summed E-state index contributed by atoms with van der Waals surface area (Å²) < 4.78 is 36.8. The normalized spacial score (nSPS) is 12.1. The number of hydrogen-bond donors (Lipinski definition) is 0. The second kappa shape index (κ2) is 24.2. The van der Waals surface area contributed by atoms with E-state index in [1.807, 2.05) is 6.07 Å². The number of methoxy groups -OCH3 is 1. The van der Waals surface area contributed by atoms with Gasteiger partial charge in [-0.3, -0.25) is 0 Å². The summed E-state index contributed by atoms with van der Waals surface area (Å²) in [6.45, 7) is 5.51. The Balaban J connectivity index is 1.16. The van der Waals surface area contributed by atoms with Gasteiger partial charge in [0.25, 0.3) is 0 Å². The Morgan fingerprint density at radius 3 is 1.39 bits per heavy atom. The largest absolute Gasteiger partial charge is 0.493 e. The second-order valence-electron chi connectivity index (χ2n) is 16.0. The van der Waals surface area contributed by atoms with E-state index in [2.05, 4.69) is 13.8 Å². The van der Waals surface area contributed by atoms with Crippen LogP contribution in [0.1, 0.15) is 153 Å². The average Bonchev–Trinajstić information content (AvgIpc) is 3.28. The molecule has 4 aromatic carbocycles. The van der Waals surface area contributed by atoms with Gasteiger partial charge in [0.1, 0.15) is 32.1 Å². The zero-order valence-corrected chi connectivity index (χ0v) is 37.8. The zero-order valence-electron chi connectivity index (χ0n) is 36.3. The molecule has 61 heavy (non-hydrogen) atoms. The lowest BCUT2D eigenvalue weighted by Gasteiger charge is -2.22. The molecule has 0 unspecified atom stereocenters.